The maximum Gasteiger partial charge on any atom is 0.433 e. The van der Waals surface area contributed by atoms with Crippen LogP contribution in [-0.4, -0.2) is 21.8 Å². The van der Waals surface area contributed by atoms with E-state index in [0.717, 1.165) is 18.2 Å². The minimum atomic E-state index is -4.66. The SMILES string of the molecule is Nc1ccc(-n2nccc2C(=O)NN(C(=O)OCc2ccccc2)c2cccc(C(F)(F)F)c2)cc1. The van der Waals surface area contributed by atoms with Crippen LogP contribution in [0.15, 0.2) is 91.1 Å². The highest BCUT2D eigenvalue weighted by atomic mass is 19.4. The minimum Gasteiger partial charge on any atom is -0.443 e. The highest BCUT2D eigenvalue weighted by Gasteiger charge is 2.32. The van der Waals surface area contributed by atoms with E-state index in [2.05, 4.69) is 10.5 Å². The number of alkyl halides is 3. The number of hydrazine groups is 1. The van der Waals surface area contributed by atoms with Crippen LogP contribution >= 0.6 is 0 Å². The highest BCUT2D eigenvalue weighted by molar-refractivity contribution is 5.99. The summed E-state index contributed by atoms with van der Waals surface area (Å²) in [5.41, 5.74) is 8.50. The molecule has 1 aromatic heterocycles. The largest absolute Gasteiger partial charge is 0.443 e. The summed E-state index contributed by atoms with van der Waals surface area (Å²) in [4.78, 5) is 26.1. The van der Waals surface area contributed by atoms with Crippen molar-refractivity contribution in [3.63, 3.8) is 0 Å². The van der Waals surface area contributed by atoms with Crippen LogP contribution in [-0.2, 0) is 17.5 Å². The topological polar surface area (TPSA) is 102 Å². The molecule has 0 aliphatic carbocycles. The van der Waals surface area contributed by atoms with Gasteiger partial charge in [0, 0.05) is 5.69 Å². The van der Waals surface area contributed by atoms with E-state index < -0.39 is 23.7 Å². The van der Waals surface area contributed by atoms with E-state index in [9.17, 15) is 22.8 Å². The van der Waals surface area contributed by atoms with Crippen LogP contribution in [0.4, 0.5) is 29.3 Å². The molecule has 0 radical (unpaired) electrons. The Hall–Kier alpha value is -4.80. The van der Waals surface area contributed by atoms with Gasteiger partial charge in [0.25, 0.3) is 5.91 Å². The summed E-state index contributed by atoms with van der Waals surface area (Å²) < 4.78 is 46.5. The van der Waals surface area contributed by atoms with Crippen LogP contribution in [0, 0.1) is 0 Å². The van der Waals surface area contributed by atoms with Crippen LogP contribution in [0.25, 0.3) is 5.69 Å². The molecule has 36 heavy (non-hydrogen) atoms. The molecule has 0 fully saturated rings. The Balaban J connectivity index is 1.63. The predicted octanol–water partition coefficient (Wildman–Crippen LogP) is 4.96. The van der Waals surface area contributed by atoms with Crippen LogP contribution in [0.1, 0.15) is 21.6 Å². The van der Waals surface area contributed by atoms with Gasteiger partial charge in [-0.05, 0) is 54.1 Å². The second kappa shape index (κ2) is 10.2. The van der Waals surface area contributed by atoms with Crippen LogP contribution < -0.4 is 16.2 Å². The number of carbonyl (C=O) groups is 2. The van der Waals surface area contributed by atoms with E-state index in [-0.39, 0.29) is 18.0 Å². The summed E-state index contributed by atoms with van der Waals surface area (Å²) in [6.07, 6.45) is -4.37. The van der Waals surface area contributed by atoms with E-state index in [1.165, 1.54) is 23.0 Å². The lowest BCUT2D eigenvalue weighted by molar-refractivity contribution is -0.137. The molecule has 2 amide bonds. The van der Waals surface area contributed by atoms with E-state index in [1.54, 1.807) is 54.6 Å². The van der Waals surface area contributed by atoms with Crippen molar-refractivity contribution in [1.82, 2.24) is 15.2 Å². The number of carbonyl (C=O) groups excluding carboxylic acids is 2. The molecule has 1 heterocycles. The van der Waals surface area contributed by atoms with Crippen LogP contribution in [0.2, 0.25) is 0 Å². The summed E-state index contributed by atoms with van der Waals surface area (Å²) >= 11 is 0. The predicted molar refractivity (Wildman–Crippen MR) is 126 cm³/mol. The number of ether oxygens (including phenoxy) is 1. The molecule has 0 atom stereocenters. The number of nitrogens with two attached hydrogens (primary N) is 1. The highest BCUT2D eigenvalue weighted by Crippen LogP contribution is 2.31. The molecule has 0 aliphatic heterocycles. The molecule has 3 aromatic carbocycles. The van der Waals surface area contributed by atoms with Crippen molar-refractivity contribution in [2.45, 2.75) is 12.8 Å². The molecule has 0 saturated carbocycles. The molecule has 0 bridgehead atoms. The normalized spacial score (nSPS) is 11.1. The molecular weight excluding hydrogens is 475 g/mol. The molecular formula is C25H20F3N5O3. The van der Waals surface area contributed by atoms with Gasteiger partial charge >= 0.3 is 12.3 Å². The molecule has 3 N–H and O–H groups in total. The number of nitrogens with zero attached hydrogens (tertiary/aromatic N) is 3. The Morgan fingerprint density at radius 2 is 1.69 bits per heavy atom. The molecule has 184 valence electrons. The average Bonchev–Trinajstić information content (AvgIpc) is 3.36. The number of nitrogen functional groups attached to an aromatic ring is 1. The van der Waals surface area contributed by atoms with E-state index in [1.807, 2.05) is 0 Å². The zero-order valence-corrected chi connectivity index (χ0v) is 18.6. The summed E-state index contributed by atoms with van der Waals surface area (Å²) in [7, 11) is 0. The van der Waals surface area contributed by atoms with Crippen molar-refractivity contribution in [3.05, 3.63) is 108 Å². The Morgan fingerprint density at radius 3 is 2.39 bits per heavy atom. The van der Waals surface area contributed by atoms with Gasteiger partial charge in [-0.2, -0.15) is 23.3 Å². The smallest absolute Gasteiger partial charge is 0.433 e. The lowest BCUT2D eigenvalue weighted by Gasteiger charge is -2.23. The first-order chi connectivity index (χ1) is 17.2. The van der Waals surface area contributed by atoms with E-state index in [4.69, 9.17) is 10.5 Å². The van der Waals surface area contributed by atoms with Crippen LogP contribution in [0.3, 0.4) is 0 Å². The third kappa shape index (κ3) is 5.63. The number of amides is 2. The molecule has 4 rings (SSSR count). The molecule has 11 heteroatoms. The fourth-order valence-corrected chi connectivity index (χ4v) is 3.28. The zero-order chi connectivity index (χ0) is 25.7. The van der Waals surface area contributed by atoms with Gasteiger partial charge in [-0.1, -0.05) is 36.4 Å². The summed E-state index contributed by atoms with van der Waals surface area (Å²) in [5.74, 6) is -0.807. The maximum atomic E-state index is 13.3. The van der Waals surface area contributed by atoms with Crippen molar-refractivity contribution >= 4 is 23.4 Å². The van der Waals surface area contributed by atoms with E-state index in [0.29, 0.717) is 21.9 Å². The average molecular weight is 495 g/mol. The monoisotopic (exact) mass is 495 g/mol. The zero-order valence-electron chi connectivity index (χ0n) is 18.6. The van der Waals surface area contributed by atoms with Crippen molar-refractivity contribution in [2.75, 3.05) is 10.7 Å². The van der Waals surface area contributed by atoms with Gasteiger partial charge in [-0.25, -0.2) is 9.48 Å². The van der Waals surface area contributed by atoms with Crippen molar-refractivity contribution in [3.8, 4) is 5.69 Å². The van der Waals surface area contributed by atoms with Gasteiger partial charge < -0.3 is 10.5 Å². The summed E-state index contributed by atoms with van der Waals surface area (Å²) in [5, 5.41) is 4.74. The molecule has 0 saturated heterocycles. The third-order valence-electron chi connectivity index (χ3n) is 5.05. The number of aromatic nitrogens is 2. The number of rotatable bonds is 5. The molecule has 4 aromatic rings. The number of halogens is 3. The Kier molecular flexibility index (Phi) is 6.91. The first-order valence-electron chi connectivity index (χ1n) is 10.6. The molecule has 0 aliphatic rings. The Labute approximate surface area is 203 Å². The fourth-order valence-electron chi connectivity index (χ4n) is 3.28. The first-order valence-corrected chi connectivity index (χ1v) is 10.6. The third-order valence-corrected chi connectivity index (χ3v) is 5.05. The van der Waals surface area contributed by atoms with Gasteiger partial charge in [0.05, 0.1) is 23.1 Å². The van der Waals surface area contributed by atoms with Crippen LogP contribution in [0.5, 0.6) is 0 Å². The molecule has 0 spiro atoms. The summed E-state index contributed by atoms with van der Waals surface area (Å²) in [6, 6.07) is 20.6. The van der Waals surface area contributed by atoms with Gasteiger partial charge in [0.2, 0.25) is 0 Å². The van der Waals surface area contributed by atoms with E-state index >= 15 is 0 Å². The fraction of sp³-hybridized carbons (Fsp3) is 0.0800. The Morgan fingerprint density at radius 1 is 0.972 bits per heavy atom. The second-order valence-corrected chi connectivity index (χ2v) is 7.58. The number of benzene rings is 3. The first kappa shape index (κ1) is 24.3. The van der Waals surface area contributed by atoms with Crippen molar-refractivity contribution < 1.29 is 27.5 Å². The molecule has 8 nitrogen and oxygen atoms in total. The number of hydrogen-bond donors (Lipinski definition) is 2. The lowest BCUT2D eigenvalue weighted by Crippen LogP contribution is -2.47. The lowest BCUT2D eigenvalue weighted by atomic mass is 10.2. The number of hydrogen-bond acceptors (Lipinski definition) is 5. The number of anilines is 2. The standard InChI is InChI=1S/C25H20F3N5O3/c26-25(27,28)18-7-4-8-21(15-18)33(24(35)36-16-17-5-2-1-3-6-17)31-23(34)22-13-14-30-32(22)20-11-9-19(29)10-12-20/h1-15H,16,29H2,(H,31,34). The van der Waals surface area contributed by atoms with Gasteiger partial charge in [0.15, 0.2) is 0 Å². The molecule has 0 unspecified atom stereocenters. The number of nitrogens with one attached hydrogen (secondary N) is 1. The van der Waals surface area contributed by atoms with Gasteiger partial charge in [-0.3, -0.25) is 10.2 Å². The van der Waals surface area contributed by atoms with Crippen molar-refractivity contribution in [2.24, 2.45) is 0 Å². The van der Waals surface area contributed by atoms with Gasteiger partial charge in [-0.15, -0.1) is 0 Å². The van der Waals surface area contributed by atoms with Crippen molar-refractivity contribution in [1.29, 1.82) is 0 Å². The quantitative estimate of drug-likeness (QED) is 0.301. The minimum absolute atomic E-state index is 0.0209. The maximum absolute atomic E-state index is 13.3. The second-order valence-electron chi connectivity index (χ2n) is 7.58. The Bertz CT molecular complexity index is 1360. The summed E-state index contributed by atoms with van der Waals surface area (Å²) in [6.45, 7) is -0.158. The van der Waals surface area contributed by atoms with Gasteiger partial charge in [0.1, 0.15) is 12.3 Å².